The van der Waals surface area contributed by atoms with Crippen molar-refractivity contribution in [2.45, 2.75) is 53.4 Å². The van der Waals surface area contributed by atoms with E-state index in [-0.39, 0.29) is 11.7 Å². The van der Waals surface area contributed by atoms with Gasteiger partial charge in [0.2, 0.25) is 0 Å². The molecule has 0 N–H and O–H groups in total. The molecule has 3 nitrogen and oxygen atoms in total. The molecule has 0 bridgehead atoms. The predicted molar refractivity (Wildman–Crippen MR) is 89.3 cm³/mol. The van der Waals surface area contributed by atoms with Crippen molar-refractivity contribution in [3.63, 3.8) is 0 Å². The van der Waals surface area contributed by atoms with E-state index in [0.29, 0.717) is 18.1 Å². The number of nitriles is 1. The topological polar surface area (TPSA) is 53.2 Å². The van der Waals surface area contributed by atoms with Crippen molar-refractivity contribution in [1.29, 1.82) is 5.26 Å². The van der Waals surface area contributed by atoms with Crippen LogP contribution in [0.2, 0.25) is 0 Å². The second-order valence-electron chi connectivity index (χ2n) is 5.38. The highest BCUT2D eigenvalue weighted by Crippen LogP contribution is 2.18. The minimum absolute atomic E-state index is 0.0138. The van der Waals surface area contributed by atoms with Gasteiger partial charge in [0.05, 0.1) is 17.7 Å². The largest absolute Gasteiger partial charge is 0.293 e. The van der Waals surface area contributed by atoms with Gasteiger partial charge in [-0.1, -0.05) is 37.6 Å². The number of Topliss-reactive ketones (excluding diaryl/α,β-unsaturated/α-hetero) is 1. The maximum absolute atomic E-state index is 11.3. The Hall–Kier alpha value is -1.69. The summed E-state index contributed by atoms with van der Waals surface area (Å²) >= 11 is 0. The molecule has 116 valence electrons. The van der Waals surface area contributed by atoms with E-state index in [1.54, 1.807) is 14.0 Å². The van der Waals surface area contributed by atoms with Gasteiger partial charge in [0.15, 0.2) is 5.78 Å². The first-order valence-electron chi connectivity index (χ1n) is 7.68. The van der Waals surface area contributed by atoms with Crippen LogP contribution in [0.5, 0.6) is 0 Å². The Balaban J connectivity index is 4.61. The van der Waals surface area contributed by atoms with Crippen LogP contribution in [0.3, 0.4) is 0 Å². The molecule has 0 saturated carbocycles. The van der Waals surface area contributed by atoms with E-state index < -0.39 is 0 Å². The van der Waals surface area contributed by atoms with E-state index in [4.69, 9.17) is 5.26 Å². The zero-order chi connectivity index (χ0) is 16.3. The predicted octanol–water partition coefficient (Wildman–Crippen LogP) is 4.50. The molecule has 0 fully saturated rings. The normalized spacial score (nSPS) is 15.8. The fourth-order valence-electron chi connectivity index (χ4n) is 2.07. The Bertz CT molecular complexity index is 452. The van der Waals surface area contributed by atoms with Crippen molar-refractivity contribution >= 4 is 11.5 Å². The van der Waals surface area contributed by atoms with Gasteiger partial charge in [-0.25, -0.2) is 0 Å². The lowest BCUT2D eigenvalue weighted by molar-refractivity contribution is -0.111. The van der Waals surface area contributed by atoms with Crippen LogP contribution in [-0.4, -0.2) is 18.5 Å². The molecule has 0 radical (unpaired) electrons. The zero-order valence-corrected chi connectivity index (χ0v) is 14.0. The zero-order valence-electron chi connectivity index (χ0n) is 14.0. The fraction of sp³-hybridized carbons (Fsp3) is 0.611. The number of hydrogen-bond donors (Lipinski definition) is 0. The number of carbonyl (C=O) groups excluding carboxylic acids is 1. The number of allylic oxidation sites excluding steroid dienone is 4. The molecule has 3 heteroatoms. The Labute approximate surface area is 129 Å². The smallest absolute Gasteiger partial charge is 0.173 e. The summed E-state index contributed by atoms with van der Waals surface area (Å²) in [6, 6.07) is 2.29. The molecule has 0 amide bonds. The third-order valence-electron chi connectivity index (χ3n) is 3.65. The van der Waals surface area contributed by atoms with Crippen LogP contribution in [0.25, 0.3) is 0 Å². The summed E-state index contributed by atoms with van der Waals surface area (Å²) in [5.41, 5.74) is 1.88. The van der Waals surface area contributed by atoms with Crippen molar-refractivity contribution in [2.75, 3.05) is 7.05 Å². The Morgan fingerprint density at radius 2 is 1.90 bits per heavy atom. The van der Waals surface area contributed by atoms with Crippen molar-refractivity contribution in [1.82, 2.24) is 0 Å². The number of carbonyl (C=O) groups is 1. The Morgan fingerprint density at radius 3 is 2.33 bits per heavy atom. The Morgan fingerprint density at radius 1 is 1.24 bits per heavy atom. The highest BCUT2D eigenvalue weighted by molar-refractivity contribution is 6.39. The third-order valence-corrected chi connectivity index (χ3v) is 3.65. The fourth-order valence-corrected chi connectivity index (χ4v) is 2.07. The second-order valence-corrected chi connectivity index (χ2v) is 5.38. The summed E-state index contributed by atoms with van der Waals surface area (Å²) in [5.74, 6) is 0.496. The molecule has 0 rings (SSSR count). The summed E-state index contributed by atoms with van der Waals surface area (Å²) in [5, 5.41) is 8.96. The summed E-state index contributed by atoms with van der Waals surface area (Å²) in [6.45, 7) is 7.82. The second kappa shape index (κ2) is 11.0. The average molecular weight is 288 g/mol. The molecule has 0 heterocycles. The van der Waals surface area contributed by atoms with Crippen LogP contribution in [0.15, 0.2) is 28.8 Å². The Kier molecular flexibility index (Phi) is 10.1. The van der Waals surface area contributed by atoms with Crippen molar-refractivity contribution < 1.29 is 4.79 Å². The van der Waals surface area contributed by atoms with Crippen LogP contribution in [-0.2, 0) is 4.79 Å². The van der Waals surface area contributed by atoms with Crippen molar-refractivity contribution in [3.8, 4) is 6.07 Å². The molecular weight excluding hydrogens is 260 g/mol. The van der Waals surface area contributed by atoms with Gasteiger partial charge in [-0.3, -0.25) is 9.79 Å². The highest BCUT2D eigenvalue weighted by atomic mass is 16.1. The first kappa shape index (κ1) is 19.3. The van der Waals surface area contributed by atoms with E-state index in [2.05, 4.69) is 37.1 Å². The van der Waals surface area contributed by atoms with Crippen LogP contribution in [0.4, 0.5) is 0 Å². The lowest BCUT2D eigenvalue weighted by atomic mass is 9.94. The quantitative estimate of drug-likeness (QED) is 0.463. The highest BCUT2D eigenvalue weighted by Gasteiger charge is 2.07. The molecular formula is C18H28N2O. The van der Waals surface area contributed by atoms with Crippen molar-refractivity contribution in [2.24, 2.45) is 16.8 Å². The molecule has 21 heavy (non-hydrogen) atoms. The maximum atomic E-state index is 11.3. The van der Waals surface area contributed by atoms with E-state index in [9.17, 15) is 4.79 Å². The number of ketones is 1. The van der Waals surface area contributed by atoms with E-state index in [1.807, 2.05) is 13.0 Å². The van der Waals surface area contributed by atoms with Gasteiger partial charge in [-0.05, 0) is 32.1 Å². The standard InChI is InChI=1S/C18H28N2O/c1-6-16(9-10-17(7-2)13-19)12-14(3)8-11-18(20-5)15(4)21/h8-10,16-17H,6-7,11-12H2,1-5H3/b10-9-,14-8+,20-18?. The minimum atomic E-state index is 0.0138. The van der Waals surface area contributed by atoms with Gasteiger partial charge in [-0.15, -0.1) is 0 Å². The lowest BCUT2D eigenvalue weighted by Crippen LogP contribution is -2.08. The van der Waals surface area contributed by atoms with Gasteiger partial charge in [-0.2, -0.15) is 5.26 Å². The number of hydrogen-bond acceptors (Lipinski definition) is 3. The summed E-state index contributed by atoms with van der Waals surface area (Å²) in [6.07, 6.45) is 9.74. The average Bonchev–Trinajstić information content (AvgIpc) is 2.47. The number of aliphatic imine (C=N–C) groups is 1. The molecule has 0 aliphatic heterocycles. The first-order chi connectivity index (χ1) is 9.98. The van der Waals surface area contributed by atoms with Gasteiger partial charge < -0.3 is 0 Å². The summed E-state index contributed by atoms with van der Waals surface area (Å²) < 4.78 is 0. The minimum Gasteiger partial charge on any atom is -0.293 e. The molecule has 0 saturated heterocycles. The van der Waals surface area contributed by atoms with Crippen LogP contribution < -0.4 is 0 Å². The van der Waals surface area contributed by atoms with Crippen LogP contribution in [0.1, 0.15) is 53.4 Å². The van der Waals surface area contributed by atoms with E-state index in [1.165, 1.54) is 5.57 Å². The maximum Gasteiger partial charge on any atom is 0.173 e. The molecule has 0 aliphatic rings. The third kappa shape index (κ3) is 8.24. The molecule has 0 aromatic heterocycles. The van der Waals surface area contributed by atoms with Crippen LogP contribution in [0, 0.1) is 23.2 Å². The van der Waals surface area contributed by atoms with Gasteiger partial charge in [0.1, 0.15) is 0 Å². The number of nitrogens with zero attached hydrogens (tertiary/aromatic N) is 2. The molecule has 0 aromatic carbocycles. The molecule has 2 unspecified atom stereocenters. The first-order valence-corrected chi connectivity index (χ1v) is 7.68. The molecule has 2 atom stereocenters. The van der Waals surface area contributed by atoms with Crippen LogP contribution >= 0.6 is 0 Å². The number of rotatable bonds is 9. The van der Waals surface area contributed by atoms with E-state index >= 15 is 0 Å². The van der Waals surface area contributed by atoms with E-state index in [0.717, 1.165) is 19.3 Å². The van der Waals surface area contributed by atoms with Gasteiger partial charge >= 0.3 is 0 Å². The molecule has 0 aromatic rings. The van der Waals surface area contributed by atoms with Gasteiger partial charge in [0.25, 0.3) is 0 Å². The monoisotopic (exact) mass is 288 g/mol. The van der Waals surface area contributed by atoms with Gasteiger partial charge in [0, 0.05) is 20.4 Å². The summed E-state index contributed by atoms with van der Waals surface area (Å²) in [7, 11) is 1.66. The molecule has 0 spiro atoms. The SMILES string of the molecule is CCC(C#N)/C=C\C(CC)C/C(C)=C/CC(=NC)C(C)=O. The lowest BCUT2D eigenvalue weighted by Gasteiger charge is -2.11. The molecule has 0 aliphatic carbocycles. The summed E-state index contributed by atoms with van der Waals surface area (Å²) in [4.78, 5) is 15.3. The van der Waals surface area contributed by atoms with Crippen molar-refractivity contribution in [3.05, 3.63) is 23.8 Å².